The van der Waals surface area contributed by atoms with Crippen LogP contribution in [0.2, 0.25) is 0 Å². The van der Waals surface area contributed by atoms with Crippen LogP contribution in [0.3, 0.4) is 0 Å². The van der Waals surface area contributed by atoms with Gasteiger partial charge in [0.2, 0.25) is 0 Å². The molecule has 0 spiro atoms. The average Bonchev–Trinajstić information content (AvgIpc) is 2.33. The molecule has 2 heterocycles. The molecule has 1 aliphatic heterocycles. The summed E-state index contributed by atoms with van der Waals surface area (Å²) in [6.07, 6.45) is 0. The van der Waals surface area contributed by atoms with Crippen LogP contribution in [0, 0.1) is 6.92 Å². The van der Waals surface area contributed by atoms with E-state index in [4.69, 9.17) is 0 Å². The number of rotatable bonds is 3. The maximum atomic E-state index is 4.20. The molecule has 4 heteroatoms. The molecular formula is C8H13N3S. The van der Waals surface area contributed by atoms with E-state index in [1.807, 2.05) is 5.51 Å². The van der Waals surface area contributed by atoms with Gasteiger partial charge in [-0.05, 0) is 6.92 Å². The molecule has 2 N–H and O–H groups in total. The largest absolute Gasteiger partial charge is 0.314 e. The molecule has 0 aromatic carbocycles. The van der Waals surface area contributed by atoms with Gasteiger partial charge in [-0.2, -0.15) is 0 Å². The summed E-state index contributed by atoms with van der Waals surface area (Å²) in [7, 11) is 0. The van der Waals surface area contributed by atoms with Crippen molar-refractivity contribution in [1.82, 2.24) is 15.6 Å². The van der Waals surface area contributed by atoms with Crippen LogP contribution in [-0.4, -0.2) is 24.1 Å². The highest BCUT2D eigenvalue weighted by Gasteiger charge is 2.15. The van der Waals surface area contributed by atoms with Gasteiger partial charge in [-0.25, -0.2) is 4.98 Å². The van der Waals surface area contributed by atoms with Crippen LogP contribution in [0.4, 0.5) is 0 Å². The lowest BCUT2D eigenvalue weighted by Crippen LogP contribution is -2.54. The molecule has 0 amide bonds. The average molecular weight is 183 g/mol. The molecule has 1 aromatic rings. The SMILES string of the molecule is Cc1ncsc1CNC1CNC1. The Hall–Kier alpha value is -0.450. The highest BCUT2D eigenvalue weighted by molar-refractivity contribution is 7.09. The fourth-order valence-corrected chi connectivity index (χ4v) is 1.89. The van der Waals surface area contributed by atoms with Crippen LogP contribution in [0.25, 0.3) is 0 Å². The summed E-state index contributed by atoms with van der Waals surface area (Å²) in [5.74, 6) is 0. The van der Waals surface area contributed by atoms with Gasteiger partial charge in [-0.3, -0.25) is 0 Å². The minimum atomic E-state index is 0.673. The Kier molecular flexibility index (Phi) is 2.39. The first-order chi connectivity index (χ1) is 5.86. The monoisotopic (exact) mass is 183 g/mol. The summed E-state index contributed by atoms with van der Waals surface area (Å²) in [5.41, 5.74) is 3.07. The van der Waals surface area contributed by atoms with E-state index in [-0.39, 0.29) is 0 Å². The first kappa shape index (κ1) is 8.16. The van der Waals surface area contributed by atoms with Crippen LogP contribution >= 0.6 is 11.3 Å². The topological polar surface area (TPSA) is 37.0 Å². The third-order valence-corrected chi connectivity index (χ3v) is 3.11. The van der Waals surface area contributed by atoms with Crippen molar-refractivity contribution in [2.24, 2.45) is 0 Å². The Balaban J connectivity index is 1.82. The molecule has 0 saturated carbocycles. The van der Waals surface area contributed by atoms with Crippen molar-refractivity contribution < 1.29 is 0 Å². The number of aryl methyl sites for hydroxylation is 1. The molecule has 0 bridgehead atoms. The van der Waals surface area contributed by atoms with Crippen molar-refractivity contribution in [2.75, 3.05) is 13.1 Å². The first-order valence-corrected chi connectivity index (χ1v) is 5.07. The smallest absolute Gasteiger partial charge is 0.0798 e. The van der Waals surface area contributed by atoms with Crippen molar-refractivity contribution in [3.05, 3.63) is 16.1 Å². The summed E-state index contributed by atoms with van der Waals surface area (Å²) in [6, 6.07) is 0.673. The van der Waals surface area contributed by atoms with Gasteiger partial charge in [0.1, 0.15) is 0 Å². The number of hydrogen-bond acceptors (Lipinski definition) is 4. The van der Waals surface area contributed by atoms with Crippen LogP contribution < -0.4 is 10.6 Å². The van der Waals surface area contributed by atoms with Crippen molar-refractivity contribution in [3.8, 4) is 0 Å². The minimum absolute atomic E-state index is 0.673. The number of thiazole rings is 1. The van der Waals surface area contributed by atoms with Gasteiger partial charge < -0.3 is 10.6 Å². The Morgan fingerprint density at radius 2 is 2.58 bits per heavy atom. The summed E-state index contributed by atoms with van der Waals surface area (Å²) >= 11 is 1.73. The van der Waals surface area contributed by atoms with Crippen LogP contribution in [-0.2, 0) is 6.54 Å². The zero-order valence-electron chi connectivity index (χ0n) is 7.13. The zero-order valence-corrected chi connectivity index (χ0v) is 7.95. The molecular weight excluding hydrogens is 170 g/mol. The van der Waals surface area contributed by atoms with Gasteiger partial charge in [-0.1, -0.05) is 0 Å². The van der Waals surface area contributed by atoms with Crippen LogP contribution in [0.15, 0.2) is 5.51 Å². The van der Waals surface area contributed by atoms with E-state index < -0.39 is 0 Å². The summed E-state index contributed by atoms with van der Waals surface area (Å²) < 4.78 is 0. The lowest BCUT2D eigenvalue weighted by atomic mass is 10.2. The normalized spacial score (nSPS) is 17.8. The second-order valence-corrected chi connectivity index (χ2v) is 4.04. The molecule has 1 fully saturated rings. The lowest BCUT2D eigenvalue weighted by Gasteiger charge is -2.27. The van der Waals surface area contributed by atoms with Crippen molar-refractivity contribution in [2.45, 2.75) is 19.5 Å². The Morgan fingerprint density at radius 1 is 1.75 bits per heavy atom. The second-order valence-electron chi connectivity index (χ2n) is 3.10. The van der Waals surface area contributed by atoms with Gasteiger partial charge in [-0.15, -0.1) is 11.3 Å². The predicted octanol–water partition coefficient (Wildman–Crippen LogP) is 0.513. The number of nitrogens with zero attached hydrogens (tertiary/aromatic N) is 1. The molecule has 2 rings (SSSR count). The first-order valence-electron chi connectivity index (χ1n) is 4.19. The molecule has 3 nitrogen and oxygen atoms in total. The van der Waals surface area contributed by atoms with E-state index in [0.29, 0.717) is 6.04 Å². The standard InChI is InChI=1S/C8H13N3S/c1-6-8(12-5-11-6)4-10-7-2-9-3-7/h5,7,9-10H,2-4H2,1H3. The number of hydrogen-bond donors (Lipinski definition) is 2. The minimum Gasteiger partial charge on any atom is -0.314 e. The fourth-order valence-electron chi connectivity index (χ4n) is 1.17. The van der Waals surface area contributed by atoms with Crippen molar-refractivity contribution in [3.63, 3.8) is 0 Å². The molecule has 1 aliphatic rings. The van der Waals surface area contributed by atoms with E-state index in [1.54, 1.807) is 11.3 Å². The van der Waals surface area contributed by atoms with Crippen molar-refractivity contribution in [1.29, 1.82) is 0 Å². The quantitative estimate of drug-likeness (QED) is 0.717. The molecule has 1 aromatic heterocycles. The maximum absolute atomic E-state index is 4.20. The highest BCUT2D eigenvalue weighted by Crippen LogP contribution is 2.11. The Morgan fingerprint density at radius 3 is 3.08 bits per heavy atom. The Labute approximate surface area is 76.2 Å². The summed E-state index contributed by atoms with van der Waals surface area (Å²) in [6.45, 7) is 5.26. The van der Waals surface area contributed by atoms with Gasteiger partial charge in [0.05, 0.1) is 11.2 Å². The van der Waals surface area contributed by atoms with Crippen molar-refractivity contribution >= 4 is 11.3 Å². The number of aromatic nitrogens is 1. The Bertz CT molecular complexity index is 255. The van der Waals surface area contributed by atoms with Gasteiger partial charge in [0.15, 0.2) is 0 Å². The van der Waals surface area contributed by atoms with Gasteiger partial charge in [0.25, 0.3) is 0 Å². The van der Waals surface area contributed by atoms with E-state index in [9.17, 15) is 0 Å². The lowest BCUT2D eigenvalue weighted by molar-refractivity contribution is 0.366. The van der Waals surface area contributed by atoms with Gasteiger partial charge in [0, 0.05) is 30.6 Å². The third-order valence-electron chi connectivity index (χ3n) is 2.18. The fraction of sp³-hybridized carbons (Fsp3) is 0.625. The summed E-state index contributed by atoms with van der Waals surface area (Å²) in [4.78, 5) is 5.56. The molecule has 0 aliphatic carbocycles. The second kappa shape index (κ2) is 3.51. The van der Waals surface area contributed by atoms with Gasteiger partial charge >= 0.3 is 0 Å². The van der Waals surface area contributed by atoms with E-state index in [2.05, 4.69) is 22.5 Å². The van der Waals surface area contributed by atoms with E-state index >= 15 is 0 Å². The molecule has 0 unspecified atom stereocenters. The third kappa shape index (κ3) is 1.65. The van der Waals surface area contributed by atoms with E-state index in [1.165, 1.54) is 10.6 Å². The highest BCUT2D eigenvalue weighted by atomic mass is 32.1. The van der Waals surface area contributed by atoms with Crippen LogP contribution in [0.5, 0.6) is 0 Å². The molecule has 66 valence electrons. The molecule has 0 radical (unpaired) electrons. The summed E-state index contributed by atoms with van der Waals surface area (Å²) in [5, 5.41) is 6.70. The van der Waals surface area contributed by atoms with Crippen LogP contribution in [0.1, 0.15) is 10.6 Å². The zero-order chi connectivity index (χ0) is 8.39. The molecule has 12 heavy (non-hydrogen) atoms. The number of nitrogens with one attached hydrogen (secondary N) is 2. The predicted molar refractivity (Wildman–Crippen MR) is 50.3 cm³/mol. The molecule has 1 saturated heterocycles. The molecule has 0 atom stereocenters. The maximum Gasteiger partial charge on any atom is 0.0798 e. The van der Waals surface area contributed by atoms with E-state index in [0.717, 1.165) is 19.6 Å².